The number of halogens is 3. The molecule has 6 nitrogen and oxygen atoms in total. The molecule has 9 heteroatoms. The van der Waals surface area contributed by atoms with Crippen LogP contribution in [-0.4, -0.2) is 27.4 Å². The van der Waals surface area contributed by atoms with E-state index in [0.717, 1.165) is 0 Å². The summed E-state index contributed by atoms with van der Waals surface area (Å²) in [6.45, 7) is -0.636. The Morgan fingerprint density at radius 2 is 2.10 bits per heavy atom. The summed E-state index contributed by atoms with van der Waals surface area (Å²) >= 11 is 0. The van der Waals surface area contributed by atoms with Gasteiger partial charge in [0, 0.05) is 11.1 Å². The number of ether oxygens (including phenoxy) is 1. The Morgan fingerprint density at radius 1 is 1.45 bits per heavy atom. The van der Waals surface area contributed by atoms with E-state index in [1.165, 1.54) is 0 Å². The van der Waals surface area contributed by atoms with Gasteiger partial charge in [-0.15, -0.1) is 0 Å². The Kier molecular flexibility index (Phi) is 3.91. The van der Waals surface area contributed by atoms with Gasteiger partial charge in [0.1, 0.15) is 6.10 Å². The summed E-state index contributed by atoms with van der Waals surface area (Å²) in [6, 6.07) is 0. The van der Waals surface area contributed by atoms with Crippen molar-refractivity contribution < 1.29 is 23.0 Å². The predicted octanol–water partition coefficient (Wildman–Crippen LogP) is 0.561. The van der Waals surface area contributed by atoms with E-state index in [1.807, 2.05) is 0 Å². The number of rotatable bonds is 2. The van der Waals surface area contributed by atoms with Crippen LogP contribution in [0.4, 0.5) is 19.0 Å². The first kappa shape index (κ1) is 14.3. The van der Waals surface area contributed by atoms with Gasteiger partial charge in [-0.3, -0.25) is 4.57 Å². The molecule has 1 aromatic rings. The molecule has 2 atom stereocenters. The summed E-state index contributed by atoms with van der Waals surface area (Å²) in [5, 5.41) is 9.03. The van der Waals surface area contributed by atoms with Crippen LogP contribution in [0.1, 0.15) is 6.23 Å². The molecule has 0 aromatic carbocycles. The Bertz CT molecular complexity index is 642. The van der Waals surface area contributed by atoms with Gasteiger partial charge in [-0.05, 0) is 0 Å². The smallest absolute Gasteiger partial charge is 0.352 e. The lowest BCUT2D eigenvalue weighted by Gasteiger charge is -2.14. The maximum atomic E-state index is 13.3. The molecular weight excluding hydrogens is 279 g/mol. The topological polar surface area (TPSA) is 90.4 Å². The van der Waals surface area contributed by atoms with Crippen LogP contribution in [0.5, 0.6) is 0 Å². The third-order valence-corrected chi connectivity index (χ3v) is 2.83. The van der Waals surface area contributed by atoms with Crippen molar-refractivity contribution in [2.24, 2.45) is 0 Å². The lowest BCUT2D eigenvalue weighted by molar-refractivity contribution is -0.00900. The van der Waals surface area contributed by atoms with Gasteiger partial charge in [-0.2, -0.15) is 4.98 Å². The van der Waals surface area contributed by atoms with E-state index in [4.69, 9.17) is 15.6 Å². The van der Waals surface area contributed by atoms with E-state index >= 15 is 0 Å². The maximum Gasteiger partial charge on any atom is 0.352 e. The molecule has 108 valence electrons. The summed E-state index contributed by atoms with van der Waals surface area (Å²) in [4.78, 5) is 14.8. The predicted molar refractivity (Wildman–Crippen MR) is 62.2 cm³/mol. The van der Waals surface area contributed by atoms with Crippen LogP contribution >= 0.6 is 0 Å². The molecule has 0 amide bonds. The van der Waals surface area contributed by atoms with Crippen LogP contribution in [0.3, 0.4) is 0 Å². The molecule has 0 radical (unpaired) electrons. The molecule has 2 heterocycles. The standard InChI is InChI=1S/C11H10F3N3O3/c12-1-5-6(2-13)10(20-8(5)4-18)17-3-7(14)9(15)16-11(17)19/h1-3,8,10,18H,4H2,(H2,15,16,19)/b5-1+,6-2+. The van der Waals surface area contributed by atoms with Gasteiger partial charge in [-0.25, -0.2) is 18.0 Å². The fourth-order valence-electron chi connectivity index (χ4n) is 1.86. The zero-order valence-electron chi connectivity index (χ0n) is 9.96. The minimum absolute atomic E-state index is 0.0203. The number of aromatic nitrogens is 2. The average molecular weight is 289 g/mol. The van der Waals surface area contributed by atoms with Crippen LogP contribution in [0, 0.1) is 5.82 Å². The Balaban J connectivity index is 2.53. The van der Waals surface area contributed by atoms with Crippen molar-refractivity contribution in [3.05, 3.63) is 46.3 Å². The van der Waals surface area contributed by atoms with Gasteiger partial charge in [-0.1, -0.05) is 0 Å². The van der Waals surface area contributed by atoms with E-state index < -0.39 is 36.3 Å². The van der Waals surface area contributed by atoms with E-state index in [9.17, 15) is 18.0 Å². The van der Waals surface area contributed by atoms with Crippen molar-refractivity contribution in [3.63, 3.8) is 0 Å². The van der Waals surface area contributed by atoms with E-state index in [2.05, 4.69) is 4.98 Å². The van der Waals surface area contributed by atoms with Crippen molar-refractivity contribution >= 4 is 5.82 Å². The van der Waals surface area contributed by atoms with E-state index in [0.29, 0.717) is 10.8 Å². The Morgan fingerprint density at radius 3 is 2.65 bits per heavy atom. The molecule has 0 saturated carbocycles. The summed E-state index contributed by atoms with van der Waals surface area (Å²) in [6.07, 6.45) is -1.85. The summed E-state index contributed by atoms with van der Waals surface area (Å²) in [7, 11) is 0. The van der Waals surface area contributed by atoms with E-state index in [1.54, 1.807) is 0 Å². The van der Waals surface area contributed by atoms with Gasteiger partial charge in [0.25, 0.3) is 0 Å². The molecule has 3 N–H and O–H groups in total. The number of hydrogen-bond donors (Lipinski definition) is 2. The second kappa shape index (κ2) is 5.47. The van der Waals surface area contributed by atoms with Crippen molar-refractivity contribution in [1.29, 1.82) is 0 Å². The van der Waals surface area contributed by atoms with Crippen molar-refractivity contribution in [2.45, 2.75) is 12.3 Å². The van der Waals surface area contributed by atoms with Crippen LogP contribution in [-0.2, 0) is 4.74 Å². The van der Waals surface area contributed by atoms with Crippen molar-refractivity contribution in [3.8, 4) is 0 Å². The van der Waals surface area contributed by atoms with E-state index in [-0.39, 0.29) is 23.8 Å². The van der Waals surface area contributed by atoms with Crippen LogP contribution in [0.2, 0.25) is 0 Å². The largest absolute Gasteiger partial charge is 0.393 e. The second-order valence-electron chi connectivity index (χ2n) is 3.95. The van der Waals surface area contributed by atoms with Gasteiger partial charge < -0.3 is 15.6 Å². The number of nitrogens with zero attached hydrogens (tertiary/aromatic N) is 2. The first-order valence-corrected chi connectivity index (χ1v) is 5.44. The monoisotopic (exact) mass is 289 g/mol. The number of aliphatic hydroxyl groups excluding tert-OH is 1. The third kappa shape index (κ3) is 2.21. The van der Waals surface area contributed by atoms with Crippen LogP contribution < -0.4 is 11.4 Å². The first-order valence-electron chi connectivity index (χ1n) is 5.44. The summed E-state index contributed by atoms with van der Waals surface area (Å²) in [5.74, 6) is -1.63. The highest BCUT2D eigenvalue weighted by molar-refractivity contribution is 5.38. The number of aliphatic hydroxyl groups is 1. The molecule has 0 bridgehead atoms. The minimum Gasteiger partial charge on any atom is -0.393 e. The zero-order valence-corrected chi connectivity index (χ0v) is 9.96. The lowest BCUT2D eigenvalue weighted by atomic mass is 10.1. The number of nitrogens with two attached hydrogens (primary N) is 1. The van der Waals surface area contributed by atoms with Gasteiger partial charge >= 0.3 is 5.69 Å². The summed E-state index contributed by atoms with van der Waals surface area (Å²) in [5.41, 5.74) is 3.51. The maximum absolute atomic E-state index is 13.3. The van der Waals surface area contributed by atoms with Gasteiger partial charge in [0.05, 0.1) is 25.5 Å². The van der Waals surface area contributed by atoms with Crippen LogP contribution in [0.15, 0.2) is 34.8 Å². The molecule has 1 aromatic heterocycles. The highest BCUT2D eigenvalue weighted by Gasteiger charge is 2.37. The second-order valence-corrected chi connectivity index (χ2v) is 3.95. The average Bonchev–Trinajstić information content (AvgIpc) is 2.80. The van der Waals surface area contributed by atoms with Gasteiger partial charge in [0.2, 0.25) is 0 Å². The molecule has 1 aliphatic heterocycles. The van der Waals surface area contributed by atoms with Crippen LogP contribution in [0.25, 0.3) is 0 Å². The molecule has 20 heavy (non-hydrogen) atoms. The minimum atomic E-state index is -1.44. The van der Waals surface area contributed by atoms with Crippen molar-refractivity contribution in [2.75, 3.05) is 12.3 Å². The van der Waals surface area contributed by atoms with Gasteiger partial charge in [0.15, 0.2) is 17.9 Å². The Hall–Kier alpha value is -2.13. The molecular formula is C11H10F3N3O3. The molecule has 1 aliphatic rings. The summed E-state index contributed by atoms with van der Waals surface area (Å²) < 4.78 is 44.8. The number of hydrogen-bond acceptors (Lipinski definition) is 5. The molecule has 0 aliphatic carbocycles. The Labute approximate surface area is 110 Å². The third-order valence-electron chi connectivity index (χ3n) is 2.83. The molecule has 1 saturated heterocycles. The molecule has 0 spiro atoms. The SMILES string of the molecule is Nc1nc(=O)n(C2OC(CO)C(=C/F)/C2=C\F)cc1F. The zero-order chi connectivity index (χ0) is 14.9. The normalized spacial score (nSPS) is 26.6. The number of anilines is 1. The highest BCUT2D eigenvalue weighted by atomic mass is 19.1. The molecule has 1 fully saturated rings. The quantitative estimate of drug-likeness (QED) is 0.830. The highest BCUT2D eigenvalue weighted by Crippen LogP contribution is 2.37. The molecule has 2 rings (SSSR count). The molecule has 2 unspecified atom stereocenters. The van der Waals surface area contributed by atoms with Crippen molar-refractivity contribution in [1.82, 2.24) is 9.55 Å². The lowest BCUT2D eigenvalue weighted by Crippen LogP contribution is -2.29. The fourth-order valence-corrected chi connectivity index (χ4v) is 1.86. The number of nitrogen functional groups attached to an aromatic ring is 1. The fraction of sp³-hybridized carbons (Fsp3) is 0.273. The first-order chi connectivity index (χ1) is 9.53.